The number of nitrogens with zero attached hydrogens (tertiary/aromatic N) is 2. The van der Waals surface area contributed by atoms with Crippen LogP contribution < -0.4 is 0 Å². The summed E-state index contributed by atoms with van der Waals surface area (Å²) in [7, 11) is 0. The summed E-state index contributed by atoms with van der Waals surface area (Å²) >= 11 is 5.92. The predicted molar refractivity (Wildman–Crippen MR) is 77.1 cm³/mol. The average Bonchev–Trinajstić information content (AvgIpc) is 2.97. The summed E-state index contributed by atoms with van der Waals surface area (Å²) in [6.45, 7) is 0. The highest BCUT2D eigenvalue weighted by Crippen LogP contribution is 2.24. The summed E-state index contributed by atoms with van der Waals surface area (Å²) < 4.78 is 5.19. The quantitative estimate of drug-likeness (QED) is 0.797. The van der Waals surface area contributed by atoms with E-state index in [-0.39, 0.29) is 5.56 Å². The highest BCUT2D eigenvalue weighted by Gasteiger charge is 2.11. The van der Waals surface area contributed by atoms with E-state index in [4.69, 9.17) is 21.2 Å². The Morgan fingerprint density at radius 3 is 2.52 bits per heavy atom. The largest absolute Gasteiger partial charge is 0.478 e. The first-order chi connectivity index (χ1) is 10.1. The molecule has 0 amide bonds. The Morgan fingerprint density at radius 1 is 1.10 bits per heavy atom. The van der Waals surface area contributed by atoms with Gasteiger partial charge in [0, 0.05) is 16.1 Å². The third-order valence-electron chi connectivity index (χ3n) is 2.89. The van der Waals surface area contributed by atoms with Crippen molar-refractivity contribution >= 4 is 17.6 Å². The number of halogens is 1. The van der Waals surface area contributed by atoms with Gasteiger partial charge in [-0.2, -0.15) is 4.98 Å². The topological polar surface area (TPSA) is 76.2 Å². The number of rotatable bonds is 3. The Labute approximate surface area is 124 Å². The summed E-state index contributed by atoms with van der Waals surface area (Å²) in [5.41, 5.74) is 1.61. The van der Waals surface area contributed by atoms with Crippen molar-refractivity contribution in [3.05, 3.63) is 59.1 Å². The van der Waals surface area contributed by atoms with Crippen molar-refractivity contribution in [1.29, 1.82) is 0 Å². The molecule has 0 aliphatic heterocycles. The average molecular weight is 301 g/mol. The molecule has 5 nitrogen and oxygen atoms in total. The molecule has 0 spiro atoms. The first kappa shape index (κ1) is 13.3. The molecule has 0 saturated heterocycles. The molecule has 1 aromatic heterocycles. The molecular formula is C15H9ClN2O3. The van der Waals surface area contributed by atoms with Crippen LogP contribution in [0.2, 0.25) is 5.02 Å². The van der Waals surface area contributed by atoms with Gasteiger partial charge in [-0.15, -0.1) is 0 Å². The van der Waals surface area contributed by atoms with E-state index < -0.39 is 5.97 Å². The van der Waals surface area contributed by atoms with Crippen molar-refractivity contribution in [1.82, 2.24) is 10.1 Å². The Bertz CT molecular complexity index is 797. The Hall–Kier alpha value is -2.66. The maximum Gasteiger partial charge on any atom is 0.335 e. The lowest BCUT2D eigenvalue weighted by Crippen LogP contribution is -1.94. The number of carboxylic acids is 1. The van der Waals surface area contributed by atoms with E-state index in [9.17, 15) is 4.79 Å². The number of aromatic carboxylic acids is 1. The second-order valence-corrected chi connectivity index (χ2v) is 4.75. The van der Waals surface area contributed by atoms with Gasteiger partial charge in [0.05, 0.1) is 5.56 Å². The minimum atomic E-state index is -0.980. The third-order valence-corrected chi connectivity index (χ3v) is 3.12. The number of benzene rings is 2. The van der Waals surface area contributed by atoms with Gasteiger partial charge in [0.2, 0.25) is 5.82 Å². The number of carboxylic acid groups (broad SMARTS) is 1. The van der Waals surface area contributed by atoms with Gasteiger partial charge < -0.3 is 9.63 Å². The molecule has 0 radical (unpaired) electrons. The summed E-state index contributed by atoms with van der Waals surface area (Å²) in [6.07, 6.45) is 0. The van der Waals surface area contributed by atoms with Gasteiger partial charge in [-0.3, -0.25) is 0 Å². The standard InChI is InChI=1S/C15H9ClN2O3/c16-12-3-1-2-11(8-12)13-17-14(21-18-13)9-4-6-10(7-5-9)15(19)20/h1-8H,(H,19,20). The van der Waals surface area contributed by atoms with Crippen LogP contribution in [-0.2, 0) is 0 Å². The van der Waals surface area contributed by atoms with E-state index in [0.29, 0.717) is 22.3 Å². The van der Waals surface area contributed by atoms with Gasteiger partial charge in [0.15, 0.2) is 0 Å². The first-order valence-corrected chi connectivity index (χ1v) is 6.44. The second-order valence-electron chi connectivity index (χ2n) is 4.32. The van der Waals surface area contributed by atoms with Gasteiger partial charge >= 0.3 is 5.97 Å². The molecule has 0 unspecified atom stereocenters. The highest BCUT2D eigenvalue weighted by atomic mass is 35.5. The SMILES string of the molecule is O=C(O)c1ccc(-c2nc(-c3cccc(Cl)c3)no2)cc1. The summed E-state index contributed by atoms with van der Waals surface area (Å²) in [6, 6.07) is 13.4. The first-order valence-electron chi connectivity index (χ1n) is 6.07. The van der Waals surface area contributed by atoms with Crippen LogP contribution in [0.15, 0.2) is 53.1 Å². The molecule has 0 fully saturated rings. The van der Waals surface area contributed by atoms with Crippen LogP contribution >= 0.6 is 11.6 Å². The van der Waals surface area contributed by atoms with Gasteiger partial charge in [-0.1, -0.05) is 28.9 Å². The molecule has 1 heterocycles. The van der Waals surface area contributed by atoms with E-state index in [0.717, 1.165) is 5.56 Å². The normalized spacial score (nSPS) is 10.5. The van der Waals surface area contributed by atoms with Crippen molar-refractivity contribution in [3.63, 3.8) is 0 Å². The van der Waals surface area contributed by atoms with Crippen molar-refractivity contribution in [2.24, 2.45) is 0 Å². The van der Waals surface area contributed by atoms with Crippen LogP contribution in [0.5, 0.6) is 0 Å². The van der Waals surface area contributed by atoms with Crippen LogP contribution in [0, 0.1) is 0 Å². The smallest absolute Gasteiger partial charge is 0.335 e. The lowest BCUT2D eigenvalue weighted by Gasteiger charge is -1.96. The Morgan fingerprint density at radius 2 is 1.86 bits per heavy atom. The molecule has 0 saturated carbocycles. The zero-order chi connectivity index (χ0) is 14.8. The maximum atomic E-state index is 10.8. The Kier molecular flexibility index (Phi) is 3.41. The molecule has 104 valence electrons. The van der Waals surface area contributed by atoms with Gasteiger partial charge in [0.25, 0.3) is 5.89 Å². The lowest BCUT2D eigenvalue weighted by molar-refractivity contribution is 0.0697. The lowest BCUT2D eigenvalue weighted by atomic mass is 10.1. The molecule has 6 heteroatoms. The van der Waals surface area contributed by atoms with E-state index in [1.54, 1.807) is 30.3 Å². The number of hydrogen-bond acceptors (Lipinski definition) is 4. The monoisotopic (exact) mass is 300 g/mol. The molecule has 3 rings (SSSR count). The van der Waals surface area contributed by atoms with Crippen molar-refractivity contribution in [2.75, 3.05) is 0 Å². The number of carbonyl (C=O) groups is 1. The van der Waals surface area contributed by atoms with E-state index in [1.165, 1.54) is 12.1 Å². The van der Waals surface area contributed by atoms with E-state index in [2.05, 4.69) is 10.1 Å². The van der Waals surface area contributed by atoms with Crippen LogP contribution in [0.25, 0.3) is 22.8 Å². The van der Waals surface area contributed by atoms with Gasteiger partial charge in [-0.25, -0.2) is 4.79 Å². The molecular weight excluding hydrogens is 292 g/mol. The molecule has 0 atom stereocenters. The molecule has 3 aromatic rings. The fourth-order valence-corrected chi connectivity index (χ4v) is 2.03. The second kappa shape index (κ2) is 5.38. The van der Waals surface area contributed by atoms with Crippen LogP contribution in [0.1, 0.15) is 10.4 Å². The summed E-state index contributed by atoms with van der Waals surface area (Å²) in [5.74, 6) is -0.233. The van der Waals surface area contributed by atoms with Crippen molar-refractivity contribution < 1.29 is 14.4 Å². The zero-order valence-corrected chi connectivity index (χ0v) is 11.4. The minimum Gasteiger partial charge on any atom is -0.478 e. The fraction of sp³-hybridized carbons (Fsp3) is 0. The maximum absolute atomic E-state index is 10.8. The number of aromatic nitrogens is 2. The molecule has 0 aliphatic carbocycles. The fourth-order valence-electron chi connectivity index (χ4n) is 1.84. The zero-order valence-electron chi connectivity index (χ0n) is 10.7. The van der Waals surface area contributed by atoms with Crippen LogP contribution in [0.4, 0.5) is 0 Å². The van der Waals surface area contributed by atoms with E-state index >= 15 is 0 Å². The molecule has 0 bridgehead atoms. The predicted octanol–water partition coefficient (Wildman–Crippen LogP) is 3.76. The number of hydrogen-bond donors (Lipinski definition) is 1. The minimum absolute atomic E-state index is 0.202. The molecule has 0 aliphatic rings. The third kappa shape index (κ3) is 2.78. The molecule has 21 heavy (non-hydrogen) atoms. The highest BCUT2D eigenvalue weighted by molar-refractivity contribution is 6.30. The van der Waals surface area contributed by atoms with Crippen molar-refractivity contribution in [2.45, 2.75) is 0 Å². The molecule has 2 aromatic carbocycles. The summed E-state index contributed by atoms with van der Waals surface area (Å²) in [5, 5.41) is 13.3. The van der Waals surface area contributed by atoms with Crippen LogP contribution in [-0.4, -0.2) is 21.2 Å². The summed E-state index contributed by atoms with van der Waals surface area (Å²) in [4.78, 5) is 15.1. The Balaban J connectivity index is 1.93. The van der Waals surface area contributed by atoms with Crippen LogP contribution in [0.3, 0.4) is 0 Å². The van der Waals surface area contributed by atoms with Gasteiger partial charge in [-0.05, 0) is 36.4 Å². The molecule has 1 N–H and O–H groups in total. The van der Waals surface area contributed by atoms with Crippen molar-refractivity contribution in [3.8, 4) is 22.8 Å². The van der Waals surface area contributed by atoms with Gasteiger partial charge in [0.1, 0.15) is 0 Å². The van der Waals surface area contributed by atoms with E-state index in [1.807, 2.05) is 6.07 Å².